The van der Waals surface area contributed by atoms with Crippen LogP contribution in [-0.4, -0.2) is 23.7 Å². The maximum atomic E-state index is 9.02. The molecule has 94 valence electrons. The van der Waals surface area contributed by atoms with Gasteiger partial charge in [-0.05, 0) is 18.1 Å². The summed E-state index contributed by atoms with van der Waals surface area (Å²) in [5.74, 6) is 0.863. The summed E-state index contributed by atoms with van der Waals surface area (Å²) in [4.78, 5) is 4.32. The van der Waals surface area contributed by atoms with E-state index in [0.29, 0.717) is 6.04 Å². The molecule has 1 aliphatic rings. The van der Waals surface area contributed by atoms with Crippen molar-refractivity contribution in [3.8, 4) is 0 Å². The Morgan fingerprint density at radius 2 is 2.24 bits per heavy atom. The summed E-state index contributed by atoms with van der Waals surface area (Å²) >= 11 is 0. The zero-order valence-electron chi connectivity index (χ0n) is 9.81. The van der Waals surface area contributed by atoms with E-state index < -0.39 is 0 Å². The van der Waals surface area contributed by atoms with Crippen molar-refractivity contribution in [2.75, 3.05) is 6.54 Å². The van der Waals surface area contributed by atoms with Crippen LogP contribution in [0.1, 0.15) is 18.1 Å². The number of hydrogen-bond acceptors (Lipinski definition) is 4. The first-order valence-corrected chi connectivity index (χ1v) is 5.51. The molecule has 1 aromatic carbocycles. The zero-order valence-corrected chi connectivity index (χ0v) is 12.1. The fourth-order valence-electron chi connectivity index (χ4n) is 1.68. The van der Waals surface area contributed by atoms with Crippen LogP contribution in [-0.2, 0) is 13.2 Å². The first-order chi connectivity index (χ1) is 7.78. The predicted octanol–water partition coefficient (Wildman–Crippen LogP) is 1.23. The second-order valence-electron chi connectivity index (χ2n) is 4.07. The van der Waals surface area contributed by atoms with Crippen LogP contribution >= 0.6 is 24.0 Å². The molecule has 0 spiro atoms. The molecule has 1 aromatic rings. The van der Waals surface area contributed by atoms with E-state index in [1.165, 1.54) is 0 Å². The Morgan fingerprint density at radius 1 is 1.47 bits per heavy atom. The zero-order chi connectivity index (χ0) is 11.4. The summed E-state index contributed by atoms with van der Waals surface area (Å²) in [6.45, 7) is 3.75. The van der Waals surface area contributed by atoms with E-state index in [9.17, 15) is 0 Å². The molecule has 0 saturated heterocycles. The van der Waals surface area contributed by atoms with Crippen LogP contribution in [0.3, 0.4) is 0 Å². The van der Waals surface area contributed by atoms with Gasteiger partial charge in [0.1, 0.15) is 0 Å². The second kappa shape index (κ2) is 6.80. The van der Waals surface area contributed by atoms with Crippen molar-refractivity contribution in [2.45, 2.75) is 26.1 Å². The van der Waals surface area contributed by atoms with Crippen molar-refractivity contribution in [2.24, 2.45) is 4.99 Å². The minimum absolute atomic E-state index is 0. The Labute approximate surface area is 119 Å². The van der Waals surface area contributed by atoms with Gasteiger partial charge in [-0.1, -0.05) is 24.3 Å². The minimum atomic E-state index is 0. The molecule has 4 nitrogen and oxygen atoms in total. The summed E-state index contributed by atoms with van der Waals surface area (Å²) in [5.41, 5.74) is 2.09. The maximum Gasteiger partial charge on any atom is 0.191 e. The van der Waals surface area contributed by atoms with Gasteiger partial charge in [0.2, 0.25) is 0 Å². The molecule has 0 amide bonds. The van der Waals surface area contributed by atoms with E-state index in [-0.39, 0.29) is 30.6 Å². The van der Waals surface area contributed by atoms with Gasteiger partial charge < -0.3 is 15.7 Å². The number of nitrogens with zero attached hydrogens (tertiary/aromatic N) is 1. The van der Waals surface area contributed by atoms with Gasteiger partial charge in [-0.3, -0.25) is 4.99 Å². The molecule has 1 heterocycles. The van der Waals surface area contributed by atoms with Crippen LogP contribution in [0.5, 0.6) is 0 Å². The molecule has 2 rings (SSSR count). The van der Waals surface area contributed by atoms with E-state index in [4.69, 9.17) is 5.11 Å². The monoisotopic (exact) mass is 347 g/mol. The van der Waals surface area contributed by atoms with Crippen LogP contribution in [0, 0.1) is 0 Å². The van der Waals surface area contributed by atoms with Crippen molar-refractivity contribution in [1.29, 1.82) is 0 Å². The molecule has 0 aromatic heterocycles. The Balaban J connectivity index is 0.00000144. The molecule has 0 bridgehead atoms. The summed E-state index contributed by atoms with van der Waals surface area (Å²) in [5, 5.41) is 15.5. The Bertz CT molecular complexity index is 395. The highest BCUT2D eigenvalue weighted by Crippen LogP contribution is 2.05. The SMILES string of the molecule is CC1CN=C(NCc2cccc(CO)c2)N1.I. The predicted molar refractivity (Wildman–Crippen MR) is 79.5 cm³/mol. The Morgan fingerprint density at radius 3 is 2.88 bits per heavy atom. The smallest absolute Gasteiger partial charge is 0.191 e. The summed E-state index contributed by atoms with van der Waals surface area (Å²) in [7, 11) is 0. The summed E-state index contributed by atoms with van der Waals surface area (Å²) in [6.07, 6.45) is 0. The molecule has 0 saturated carbocycles. The number of rotatable bonds is 3. The average Bonchev–Trinajstić information content (AvgIpc) is 2.73. The third-order valence-electron chi connectivity index (χ3n) is 2.54. The fourth-order valence-corrected chi connectivity index (χ4v) is 1.68. The molecule has 0 radical (unpaired) electrons. The Hall–Kier alpha value is -0.820. The fraction of sp³-hybridized carbons (Fsp3) is 0.417. The highest BCUT2D eigenvalue weighted by atomic mass is 127. The molecule has 1 atom stereocenters. The van der Waals surface area contributed by atoms with E-state index in [1.54, 1.807) is 0 Å². The van der Waals surface area contributed by atoms with Crippen molar-refractivity contribution < 1.29 is 5.11 Å². The molecule has 0 fully saturated rings. The highest BCUT2D eigenvalue weighted by molar-refractivity contribution is 14.0. The number of halogens is 1. The van der Waals surface area contributed by atoms with Crippen molar-refractivity contribution >= 4 is 29.9 Å². The second-order valence-corrected chi connectivity index (χ2v) is 4.07. The lowest BCUT2D eigenvalue weighted by atomic mass is 10.1. The van der Waals surface area contributed by atoms with Gasteiger partial charge in [0, 0.05) is 12.6 Å². The van der Waals surface area contributed by atoms with E-state index in [1.807, 2.05) is 24.3 Å². The third kappa shape index (κ3) is 4.16. The quantitative estimate of drug-likeness (QED) is 0.721. The molecule has 3 N–H and O–H groups in total. The van der Waals surface area contributed by atoms with Crippen LogP contribution in [0.15, 0.2) is 29.3 Å². The van der Waals surface area contributed by atoms with Gasteiger partial charge in [0.15, 0.2) is 5.96 Å². The van der Waals surface area contributed by atoms with Crippen molar-refractivity contribution in [1.82, 2.24) is 10.6 Å². The van der Waals surface area contributed by atoms with Crippen LogP contribution in [0.2, 0.25) is 0 Å². The number of nitrogens with one attached hydrogen (secondary N) is 2. The third-order valence-corrected chi connectivity index (χ3v) is 2.54. The van der Waals surface area contributed by atoms with Gasteiger partial charge in [-0.25, -0.2) is 0 Å². The molecular weight excluding hydrogens is 329 g/mol. The Kier molecular flexibility index (Phi) is 5.70. The molecule has 0 aliphatic carbocycles. The van der Waals surface area contributed by atoms with Crippen LogP contribution in [0.25, 0.3) is 0 Å². The number of benzene rings is 1. The molecule has 1 unspecified atom stereocenters. The number of aliphatic hydroxyl groups is 1. The van der Waals surface area contributed by atoms with Gasteiger partial charge in [0.05, 0.1) is 13.2 Å². The van der Waals surface area contributed by atoms with Gasteiger partial charge in [0.25, 0.3) is 0 Å². The van der Waals surface area contributed by atoms with Crippen LogP contribution < -0.4 is 10.6 Å². The van der Waals surface area contributed by atoms with Crippen molar-refractivity contribution in [3.63, 3.8) is 0 Å². The van der Waals surface area contributed by atoms with Crippen molar-refractivity contribution in [3.05, 3.63) is 35.4 Å². The van der Waals surface area contributed by atoms with Gasteiger partial charge >= 0.3 is 0 Å². The first kappa shape index (κ1) is 14.2. The number of guanidine groups is 1. The molecular formula is C12H18IN3O. The average molecular weight is 347 g/mol. The number of aliphatic imine (C=N–C) groups is 1. The summed E-state index contributed by atoms with van der Waals surface area (Å²) in [6, 6.07) is 8.31. The molecule has 17 heavy (non-hydrogen) atoms. The van der Waals surface area contributed by atoms with Gasteiger partial charge in [-0.2, -0.15) is 0 Å². The largest absolute Gasteiger partial charge is 0.392 e. The van der Waals surface area contributed by atoms with Crippen LogP contribution in [0.4, 0.5) is 0 Å². The highest BCUT2D eigenvalue weighted by Gasteiger charge is 2.11. The van der Waals surface area contributed by atoms with E-state index in [0.717, 1.165) is 30.2 Å². The van der Waals surface area contributed by atoms with E-state index >= 15 is 0 Å². The standard InChI is InChI=1S/C12H17N3O.HI/c1-9-6-13-12(15-9)14-7-10-3-2-4-11(5-10)8-16;/h2-5,9,16H,6-8H2,1H3,(H2,13,14,15);1H. The lowest BCUT2D eigenvalue weighted by molar-refractivity contribution is 0.281. The molecule has 1 aliphatic heterocycles. The summed E-state index contributed by atoms with van der Waals surface area (Å²) < 4.78 is 0. The maximum absolute atomic E-state index is 9.02. The number of aliphatic hydroxyl groups excluding tert-OH is 1. The first-order valence-electron chi connectivity index (χ1n) is 5.51. The van der Waals surface area contributed by atoms with E-state index in [2.05, 4.69) is 22.5 Å². The normalized spacial score (nSPS) is 18.0. The lowest BCUT2D eigenvalue weighted by Crippen LogP contribution is -2.37. The minimum Gasteiger partial charge on any atom is -0.392 e. The van der Waals surface area contributed by atoms with Gasteiger partial charge in [-0.15, -0.1) is 24.0 Å². The lowest BCUT2D eigenvalue weighted by Gasteiger charge is -2.09. The topological polar surface area (TPSA) is 56.7 Å². The molecule has 5 heteroatoms. The number of hydrogen-bond donors (Lipinski definition) is 3.